The number of Topliss-reactive ketones (excluding diaryl/α,β-unsaturated/α-hetero) is 1. The second-order valence-corrected chi connectivity index (χ2v) is 5.33. The normalized spacial score (nSPS) is 16.2. The van der Waals surface area contributed by atoms with Crippen molar-refractivity contribution in [3.05, 3.63) is 69.8 Å². The molecule has 0 fully saturated rings. The maximum atomic E-state index is 12.4. The van der Waals surface area contributed by atoms with Gasteiger partial charge in [0, 0.05) is 16.2 Å². The molecule has 2 aromatic rings. The summed E-state index contributed by atoms with van der Waals surface area (Å²) in [4.78, 5) is 12.4. The molecule has 1 aliphatic carbocycles. The first-order chi connectivity index (χ1) is 9.63. The minimum absolute atomic E-state index is 0.0335. The van der Waals surface area contributed by atoms with Crippen LogP contribution in [0.4, 0.5) is 0 Å². The number of rotatable bonds is 1. The van der Waals surface area contributed by atoms with Crippen molar-refractivity contribution in [3.63, 3.8) is 0 Å². The number of phenolic OH excluding ortho intramolecular Hbond substituents is 1. The van der Waals surface area contributed by atoms with Crippen molar-refractivity contribution >= 4 is 23.5 Å². The van der Waals surface area contributed by atoms with Crippen LogP contribution >= 0.6 is 11.6 Å². The van der Waals surface area contributed by atoms with Crippen molar-refractivity contribution in [2.45, 2.75) is 12.8 Å². The van der Waals surface area contributed by atoms with Crippen molar-refractivity contribution < 1.29 is 9.90 Å². The van der Waals surface area contributed by atoms with Gasteiger partial charge >= 0.3 is 0 Å². The standard InChI is InChI=1S/C17H13ClO2/c18-14-3-1-2-11(9-14)8-13-5-4-12-10-15(19)6-7-16(12)17(13)20/h1-3,6-10,19H,4-5H2. The molecule has 0 bridgehead atoms. The number of ketones is 1. The molecule has 0 spiro atoms. The van der Waals surface area contributed by atoms with E-state index in [1.54, 1.807) is 18.2 Å². The van der Waals surface area contributed by atoms with Gasteiger partial charge in [-0.1, -0.05) is 23.7 Å². The second-order valence-electron chi connectivity index (χ2n) is 4.90. The molecule has 0 unspecified atom stereocenters. The zero-order chi connectivity index (χ0) is 14.1. The molecule has 0 saturated carbocycles. The highest BCUT2D eigenvalue weighted by Crippen LogP contribution is 2.29. The number of carbonyl (C=O) groups excluding carboxylic acids is 1. The number of phenols is 1. The van der Waals surface area contributed by atoms with E-state index in [4.69, 9.17) is 11.6 Å². The molecule has 2 aromatic carbocycles. The summed E-state index contributed by atoms with van der Waals surface area (Å²) < 4.78 is 0. The maximum absolute atomic E-state index is 12.4. The zero-order valence-corrected chi connectivity index (χ0v) is 11.5. The van der Waals surface area contributed by atoms with E-state index in [1.807, 2.05) is 30.3 Å². The van der Waals surface area contributed by atoms with Gasteiger partial charge in [-0.05, 0) is 60.4 Å². The molecule has 3 rings (SSSR count). The summed E-state index contributed by atoms with van der Waals surface area (Å²) in [5.41, 5.74) is 3.31. The highest BCUT2D eigenvalue weighted by molar-refractivity contribution is 6.30. The topological polar surface area (TPSA) is 37.3 Å². The molecule has 0 saturated heterocycles. The van der Waals surface area contributed by atoms with Crippen LogP contribution in [0.5, 0.6) is 5.75 Å². The number of aryl methyl sites for hydroxylation is 1. The Hall–Kier alpha value is -2.06. The molecular weight excluding hydrogens is 272 g/mol. The molecule has 0 aliphatic heterocycles. The number of allylic oxidation sites excluding steroid dienone is 1. The number of carbonyl (C=O) groups is 1. The molecule has 1 aliphatic rings. The highest BCUT2D eigenvalue weighted by atomic mass is 35.5. The van der Waals surface area contributed by atoms with Gasteiger partial charge in [-0.3, -0.25) is 4.79 Å². The van der Waals surface area contributed by atoms with E-state index >= 15 is 0 Å². The SMILES string of the molecule is O=C1C(=Cc2cccc(Cl)c2)CCc2cc(O)ccc21. The molecular formula is C17H13ClO2. The van der Waals surface area contributed by atoms with E-state index in [9.17, 15) is 9.90 Å². The Kier molecular flexibility index (Phi) is 3.33. The van der Waals surface area contributed by atoms with Gasteiger partial charge in [-0.2, -0.15) is 0 Å². The van der Waals surface area contributed by atoms with E-state index < -0.39 is 0 Å². The minimum atomic E-state index is 0.0335. The van der Waals surface area contributed by atoms with Crippen LogP contribution in [0.3, 0.4) is 0 Å². The third-order valence-corrected chi connectivity index (χ3v) is 3.71. The number of benzene rings is 2. The predicted octanol–water partition coefficient (Wildman–Crippen LogP) is 4.26. The van der Waals surface area contributed by atoms with Crippen LogP contribution in [0.15, 0.2) is 48.0 Å². The van der Waals surface area contributed by atoms with Gasteiger partial charge in [0.25, 0.3) is 0 Å². The van der Waals surface area contributed by atoms with Gasteiger partial charge in [-0.25, -0.2) is 0 Å². The molecule has 2 nitrogen and oxygen atoms in total. The predicted molar refractivity (Wildman–Crippen MR) is 80.2 cm³/mol. The average Bonchev–Trinajstić information content (AvgIpc) is 2.42. The van der Waals surface area contributed by atoms with Crippen LogP contribution < -0.4 is 0 Å². The van der Waals surface area contributed by atoms with Crippen molar-refractivity contribution in [1.29, 1.82) is 0 Å². The Bertz CT molecular complexity index is 717. The summed E-state index contributed by atoms with van der Waals surface area (Å²) >= 11 is 5.96. The van der Waals surface area contributed by atoms with Crippen molar-refractivity contribution in [3.8, 4) is 5.75 Å². The number of hydrogen-bond donors (Lipinski definition) is 1. The Morgan fingerprint density at radius 1 is 1.10 bits per heavy atom. The van der Waals surface area contributed by atoms with E-state index in [1.165, 1.54) is 0 Å². The summed E-state index contributed by atoms with van der Waals surface area (Å²) in [6.07, 6.45) is 3.34. The van der Waals surface area contributed by atoms with Crippen LogP contribution in [0, 0.1) is 0 Å². The van der Waals surface area contributed by atoms with E-state index in [0.29, 0.717) is 17.0 Å². The van der Waals surface area contributed by atoms with Gasteiger partial charge in [0.1, 0.15) is 5.75 Å². The fourth-order valence-corrected chi connectivity index (χ4v) is 2.70. The fourth-order valence-electron chi connectivity index (χ4n) is 2.50. The molecule has 0 heterocycles. The van der Waals surface area contributed by atoms with Gasteiger partial charge in [0.05, 0.1) is 0 Å². The fraction of sp³-hybridized carbons (Fsp3) is 0.118. The highest BCUT2D eigenvalue weighted by Gasteiger charge is 2.21. The molecule has 0 amide bonds. The maximum Gasteiger partial charge on any atom is 0.189 e. The quantitative estimate of drug-likeness (QED) is 0.795. The van der Waals surface area contributed by atoms with Crippen LogP contribution in [0.25, 0.3) is 6.08 Å². The number of fused-ring (bicyclic) bond motifs is 1. The number of aromatic hydroxyl groups is 1. The molecule has 0 radical (unpaired) electrons. The molecule has 1 N–H and O–H groups in total. The lowest BCUT2D eigenvalue weighted by Gasteiger charge is -2.17. The van der Waals surface area contributed by atoms with Gasteiger partial charge in [0.15, 0.2) is 5.78 Å². The lowest BCUT2D eigenvalue weighted by Crippen LogP contribution is -2.13. The summed E-state index contributed by atoms with van der Waals surface area (Å²) in [6.45, 7) is 0. The van der Waals surface area contributed by atoms with Crippen LogP contribution in [-0.4, -0.2) is 10.9 Å². The van der Waals surface area contributed by atoms with Crippen LogP contribution in [0.2, 0.25) is 5.02 Å². The van der Waals surface area contributed by atoms with Crippen LogP contribution in [-0.2, 0) is 6.42 Å². The largest absolute Gasteiger partial charge is 0.508 e. The smallest absolute Gasteiger partial charge is 0.189 e. The molecule has 20 heavy (non-hydrogen) atoms. The van der Waals surface area contributed by atoms with E-state index in [0.717, 1.165) is 23.1 Å². The summed E-state index contributed by atoms with van der Waals surface area (Å²) in [5.74, 6) is 0.241. The van der Waals surface area contributed by atoms with Crippen molar-refractivity contribution in [2.75, 3.05) is 0 Å². The Morgan fingerprint density at radius 3 is 2.75 bits per heavy atom. The van der Waals surface area contributed by atoms with E-state index in [-0.39, 0.29) is 11.5 Å². The lowest BCUT2D eigenvalue weighted by atomic mass is 9.86. The average molecular weight is 285 g/mol. The monoisotopic (exact) mass is 284 g/mol. The second kappa shape index (κ2) is 5.14. The lowest BCUT2D eigenvalue weighted by molar-refractivity contribution is 0.102. The Morgan fingerprint density at radius 2 is 1.95 bits per heavy atom. The Labute approximate surface area is 122 Å². The summed E-state index contributed by atoms with van der Waals surface area (Å²) in [7, 11) is 0. The van der Waals surface area contributed by atoms with Gasteiger partial charge < -0.3 is 5.11 Å². The first-order valence-corrected chi connectivity index (χ1v) is 6.84. The molecule has 3 heteroatoms. The number of hydrogen-bond acceptors (Lipinski definition) is 2. The molecule has 0 aromatic heterocycles. The first-order valence-electron chi connectivity index (χ1n) is 6.46. The van der Waals surface area contributed by atoms with Gasteiger partial charge in [0.2, 0.25) is 0 Å². The summed E-state index contributed by atoms with van der Waals surface area (Å²) in [5, 5.41) is 10.1. The van der Waals surface area contributed by atoms with Crippen molar-refractivity contribution in [1.82, 2.24) is 0 Å². The van der Waals surface area contributed by atoms with E-state index in [2.05, 4.69) is 0 Å². The summed E-state index contributed by atoms with van der Waals surface area (Å²) in [6, 6.07) is 12.4. The molecule has 100 valence electrons. The zero-order valence-electron chi connectivity index (χ0n) is 10.8. The third kappa shape index (κ3) is 2.47. The van der Waals surface area contributed by atoms with Gasteiger partial charge in [-0.15, -0.1) is 0 Å². The minimum Gasteiger partial charge on any atom is -0.508 e. The Balaban J connectivity index is 1.98. The van der Waals surface area contributed by atoms with Crippen molar-refractivity contribution in [2.24, 2.45) is 0 Å². The third-order valence-electron chi connectivity index (χ3n) is 3.48. The van der Waals surface area contributed by atoms with Crippen LogP contribution in [0.1, 0.15) is 27.9 Å². The number of halogens is 1. The first kappa shape index (κ1) is 12.9. The molecule has 0 atom stereocenters.